The highest BCUT2D eigenvalue weighted by molar-refractivity contribution is 6.06. The van der Waals surface area contributed by atoms with E-state index in [4.69, 9.17) is 4.42 Å². The summed E-state index contributed by atoms with van der Waals surface area (Å²) >= 11 is 0. The molecule has 1 saturated carbocycles. The number of rotatable bonds is 5. The number of nitrogens with zero attached hydrogens (tertiary/aromatic N) is 1. The molecule has 1 heterocycles. The van der Waals surface area contributed by atoms with Crippen LogP contribution in [0.2, 0.25) is 0 Å². The van der Waals surface area contributed by atoms with Crippen LogP contribution in [0.25, 0.3) is 11.0 Å². The number of furan rings is 1. The van der Waals surface area contributed by atoms with E-state index in [1.807, 2.05) is 42.5 Å². The van der Waals surface area contributed by atoms with Crippen molar-refractivity contribution in [1.82, 2.24) is 10.2 Å². The summed E-state index contributed by atoms with van der Waals surface area (Å²) in [6.45, 7) is 0. The van der Waals surface area contributed by atoms with Gasteiger partial charge in [-0.15, -0.1) is 0 Å². The van der Waals surface area contributed by atoms with Gasteiger partial charge in [0.2, 0.25) is 0 Å². The summed E-state index contributed by atoms with van der Waals surface area (Å²) in [6, 6.07) is 17.9. The SMILES string of the molecule is CN(C)C1(C(NC(=O)c2coc3ccccc23)c2ccccc2)CCCC1. The summed E-state index contributed by atoms with van der Waals surface area (Å²) in [6.07, 6.45) is 6.09. The smallest absolute Gasteiger partial charge is 0.255 e. The van der Waals surface area contributed by atoms with Crippen molar-refractivity contribution in [1.29, 1.82) is 0 Å². The van der Waals surface area contributed by atoms with Crippen LogP contribution in [0.3, 0.4) is 0 Å². The Morgan fingerprint density at radius 1 is 1.04 bits per heavy atom. The normalized spacial score (nSPS) is 17.3. The molecule has 1 aromatic heterocycles. The number of likely N-dealkylation sites (N-methyl/N-ethyl adjacent to an activating group) is 1. The highest BCUT2D eigenvalue weighted by atomic mass is 16.3. The minimum Gasteiger partial charge on any atom is -0.463 e. The molecule has 0 spiro atoms. The van der Waals surface area contributed by atoms with E-state index >= 15 is 0 Å². The van der Waals surface area contributed by atoms with E-state index in [1.165, 1.54) is 12.8 Å². The van der Waals surface area contributed by atoms with Crippen LogP contribution in [0.1, 0.15) is 47.6 Å². The number of nitrogens with one attached hydrogen (secondary N) is 1. The van der Waals surface area contributed by atoms with Crippen molar-refractivity contribution >= 4 is 16.9 Å². The van der Waals surface area contributed by atoms with E-state index in [0.717, 1.165) is 29.4 Å². The van der Waals surface area contributed by atoms with Crippen molar-refractivity contribution in [2.75, 3.05) is 14.1 Å². The molecule has 0 radical (unpaired) electrons. The van der Waals surface area contributed by atoms with Gasteiger partial charge in [-0.05, 0) is 38.6 Å². The molecule has 1 fully saturated rings. The zero-order valence-corrected chi connectivity index (χ0v) is 15.9. The van der Waals surface area contributed by atoms with Crippen LogP contribution in [0.15, 0.2) is 65.3 Å². The van der Waals surface area contributed by atoms with Crippen LogP contribution >= 0.6 is 0 Å². The zero-order chi connectivity index (χ0) is 18.9. The summed E-state index contributed by atoms with van der Waals surface area (Å²) in [5.74, 6) is -0.0815. The van der Waals surface area contributed by atoms with Crippen LogP contribution in [0.5, 0.6) is 0 Å². The van der Waals surface area contributed by atoms with Gasteiger partial charge in [0.05, 0.1) is 11.6 Å². The lowest BCUT2D eigenvalue weighted by atomic mass is 9.82. The van der Waals surface area contributed by atoms with Crippen molar-refractivity contribution in [3.63, 3.8) is 0 Å². The summed E-state index contributed by atoms with van der Waals surface area (Å²) in [5, 5.41) is 4.21. The van der Waals surface area contributed by atoms with Crippen molar-refractivity contribution < 1.29 is 9.21 Å². The molecule has 1 amide bonds. The highest BCUT2D eigenvalue weighted by Crippen LogP contribution is 2.43. The topological polar surface area (TPSA) is 45.5 Å². The highest BCUT2D eigenvalue weighted by Gasteiger charge is 2.44. The van der Waals surface area contributed by atoms with Gasteiger partial charge in [0.1, 0.15) is 11.8 Å². The van der Waals surface area contributed by atoms with Crippen molar-refractivity contribution in [2.45, 2.75) is 37.3 Å². The maximum absolute atomic E-state index is 13.2. The van der Waals surface area contributed by atoms with Crippen molar-refractivity contribution in [3.05, 3.63) is 72.0 Å². The molecule has 1 atom stereocenters. The van der Waals surface area contributed by atoms with Gasteiger partial charge in [-0.3, -0.25) is 4.79 Å². The average molecular weight is 362 g/mol. The molecule has 0 saturated heterocycles. The van der Waals surface area contributed by atoms with Gasteiger partial charge >= 0.3 is 0 Å². The van der Waals surface area contributed by atoms with Gasteiger partial charge in [0.25, 0.3) is 5.91 Å². The van der Waals surface area contributed by atoms with Gasteiger partial charge in [0, 0.05) is 10.9 Å². The number of carbonyl (C=O) groups excluding carboxylic acids is 1. The molecule has 4 rings (SSSR count). The second kappa shape index (κ2) is 7.20. The molecule has 1 N–H and O–H groups in total. The maximum atomic E-state index is 13.2. The first-order chi connectivity index (χ1) is 13.1. The molecule has 27 heavy (non-hydrogen) atoms. The third-order valence-electron chi connectivity index (χ3n) is 6.03. The molecule has 4 heteroatoms. The molecule has 1 aliphatic carbocycles. The van der Waals surface area contributed by atoms with Gasteiger partial charge < -0.3 is 14.6 Å². The lowest BCUT2D eigenvalue weighted by Gasteiger charge is -2.43. The van der Waals surface area contributed by atoms with Gasteiger partial charge in [0.15, 0.2) is 0 Å². The van der Waals surface area contributed by atoms with Crippen LogP contribution in [-0.4, -0.2) is 30.4 Å². The number of amides is 1. The van der Waals surface area contributed by atoms with E-state index in [0.29, 0.717) is 5.56 Å². The number of hydrogen-bond donors (Lipinski definition) is 1. The number of fused-ring (bicyclic) bond motifs is 1. The predicted molar refractivity (Wildman–Crippen MR) is 108 cm³/mol. The van der Waals surface area contributed by atoms with E-state index in [1.54, 1.807) is 6.26 Å². The minimum absolute atomic E-state index is 0.0719. The molecule has 0 aliphatic heterocycles. The third kappa shape index (κ3) is 3.15. The molecule has 1 unspecified atom stereocenters. The minimum atomic E-state index is -0.0815. The molecule has 1 aliphatic rings. The van der Waals surface area contributed by atoms with E-state index in [9.17, 15) is 4.79 Å². The lowest BCUT2D eigenvalue weighted by Crippen LogP contribution is -2.53. The average Bonchev–Trinajstić information content (AvgIpc) is 3.34. The van der Waals surface area contributed by atoms with Gasteiger partial charge in [-0.25, -0.2) is 0 Å². The molecule has 0 bridgehead atoms. The first-order valence-electron chi connectivity index (χ1n) is 9.61. The first-order valence-corrected chi connectivity index (χ1v) is 9.61. The standard InChI is InChI=1S/C23H26N2O2/c1-25(2)23(14-8-9-15-23)21(17-10-4-3-5-11-17)24-22(26)19-16-27-20-13-7-6-12-18(19)20/h3-7,10-13,16,21H,8-9,14-15H2,1-2H3,(H,24,26). The van der Waals surface area contributed by atoms with Crippen LogP contribution in [0, 0.1) is 0 Å². The Morgan fingerprint density at radius 2 is 1.70 bits per heavy atom. The van der Waals surface area contributed by atoms with Gasteiger partial charge in [-0.2, -0.15) is 0 Å². The van der Waals surface area contributed by atoms with E-state index < -0.39 is 0 Å². The Hall–Kier alpha value is -2.59. The summed E-state index contributed by atoms with van der Waals surface area (Å²) in [7, 11) is 4.25. The third-order valence-corrected chi connectivity index (χ3v) is 6.03. The van der Waals surface area contributed by atoms with E-state index in [2.05, 4.69) is 36.4 Å². The Labute approximate surface area is 160 Å². The molecule has 2 aromatic carbocycles. The number of hydrogen-bond acceptors (Lipinski definition) is 3. The molecule has 140 valence electrons. The second-order valence-corrected chi connectivity index (χ2v) is 7.67. The number of para-hydroxylation sites is 1. The molecule has 4 nitrogen and oxygen atoms in total. The Balaban J connectivity index is 1.72. The van der Waals surface area contributed by atoms with Crippen molar-refractivity contribution in [3.8, 4) is 0 Å². The van der Waals surface area contributed by atoms with Crippen LogP contribution in [-0.2, 0) is 0 Å². The quantitative estimate of drug-likeness (QED) is 0.710. The summed E-state index contributed by atoms with van der Waals surface area (Å²) in [5.41, 5.74) is 2.41. The fourth-order valence-electron chi connectivity index (χ4n) is 4.52. The monoisotopic (exact) mass is 362 g/mol. The van der Waals surface area contributed by atoms with Crippen LogP contribution < -0.4 is 5.32 Å². The fraction of sp³-hybridized carbons (Fsp3) is 0.348. The lowest BCUT2D eigenvalue weighted by molar-refractivity contribution is 0.0767. The summed E-state index contributed by atoms with van der Waals surface area (Å²) < 4.78 is 5.58. The first kappa shape index (κ1) is 17.8. The maximum Gasteiger partial charge on any atom is 0.255 e. The summed E-state index contributed by atoms with van der Waals surface area (Å²) in [4.78, 5) is 15.5. The van der Waals surface area contributed by atoms with E-state index in [-0.39, 0.29) is 17.5 Å². The van der Waals surface area contributed by atoms with Crippen LogP contribution in [0.4, 0.5) is 0 Å². The second-order valence-electron chi connectivity index (χ2n) is 7.67. The Kier molecular flexibility index (Phi) is 4.75. The molecular formula is C23H26N2O2. The number of carbonyl (C=O) groups is 1. The molecular weight excluding hydrogens is 336 g/mol. The Bertz CT molecular complexity index is 924. The largest absolute Gasteiger partial charge is 0.463 e. The van der Waals surface area contributed by atoms with Gasteiger partial charge in [-0.1, -0.05) is 61.4 Å². The van der Waals surface area contributed by atoms with Crippen molar-refractivity contribution in [2.24, 2.45) is 0 Å². The molecule has 3 aromatic rings. The Morgan fingerprint density at radius 3 is 2.41 bits per heavy atom. The predicted octanol–water partition coefficient (Wildman–Crippen LogP) is 4.78. The zero-order valence-electron chi connectivity index (χ0n) is 15.9. The number of benzene rings is 2. The fourth-order valence-corrected chi connectivity index (χ4v) is 4.52.